The van der Waals surface area contributed by atoms with E-state index in [9.17, 15) is 9.59 Å². The molecule has 25 heavy (non-hydrogen) atoms. The molecular formula is C17H24N6O2. The summed E-state index contributed by atoms with van der Waals surface area (Å²) in [7, 11) is 1.78. The number of fused-ring (bicyclic) bond motifs is 1. The van der Waals surface area contributed by atoms with Gasteiger partial charge in [-0.3, -0.25) is 19.2 Å². The fourth-order valence-electron chi connectivity index (χ4n) is 3.95. The van der Waals surface area contributed by atoms with E-state index in [1.165, 1.54) is 6.20 Å². The molecule has 1 amide bonds. The molecule has 0 radical (unpaired) electrons. The van der Waals surface area contributed by atoms with Gasteiger partial charge in [0.25, 0.3) is 5.56 Å². The van der Waals surface area contributed by atoms with Gasteiger partial charge in [0.05, 0.1) is 18.8 Å². The van der Waals surface area contributed by atoms with Crippen LogP contribution in [-0.2, 0) is 18.4 Å². The van der Waals surface area contributed by atoms with Gasteiger partial charge in [-0.2, -0.15) is 5.10 Å². The third kappa shape index (κ3) is 3.06. The van der Waals surface area contributed by atoms with Gasteiger partial charge >= 0.3 is 0 Å². The SMILES string of the molecule is Cn1ncc2c(=O)[nH]c(CN3CCCCC3C(=O)N3CCCC3)nc21. The summed E-state index contributed by atoms with van der Waals surface area (Å²) in [5.74, 6) is 0.836. The Morgan fingerprint density at radius 3 is 2.80 bits per heavy atom. The quantitative estimate of drug-likeness (QED) is 0.883. The first-order chi connectivity index (χ1) is 12.1. The fourth-order valence-corrected chi connectivity index (χ4v) is 3.95. The Kier molecular flexibility index (Phi) is 4.29. The number of amides is 1. The number of H-pyrrole nitrogens is 1. The van der Waals surface area contributed by atoms with Crippen molar-refractivity contribution in [2.75, 3.05) is 19.6 Å². The molecule has 1 N–H and O–H groups in total. The normalized spacial score (nSPS) is 22.0. The molecule has 8 nitrogen and oxygen atoms in total. The van der Waals surface area contributed by atoms with Crippen LogP contribution in [0.25, 0.3) is 11.0 Å². The van der Waals surface area contributed by atoms with E-state index >= 15 is 0 Å². The minimum Gasteiger partial charge on any atom is -0.341 e. The first-order valence-corrected chi connectivity index (χ1v) is 9.07. The number of nitrogens with one attached hydrogen (secondary N) is 1. The number of aryl methyl sites for hydroxylation is 1. The van der Waals surface area contributed by atoms with Crippen LogP contribution in [0.4, 0.5) is 0 Å². The summed E-state index contributed by atoms with van der Waals surface area (Å²) in [6, 6.07) is -0.0978. The first-order valence-electron chi connectivity index (χ1n) is 9.07. The Morgan fingerprint density at radius 1 is 1.24 bits per heavy atom. The van der Waals surface area contributed by atoms with Gasteiger partial charge in [0.1, 0.15) is 11.2 Å². The molecule has 134 valence electrons. The lowest BCUT2D eigenvalue weighted by atomic mass is 10.0. The molecule has 2 saturated heterocycles. The number of carbonyl (C=O) groups excluding carboxylic acids is 1. The van der Waals surface area contributed by atoms with Crippen LogP contribution < -0.4 is 5.56 Å². The zero-order chi connectivity index (χ0) is 17.4. The number of hydrogen-bond acceptors (Lipinski definition) is 5. The smallest absolute Gasteiger partial charge is 0.262 e. The van der Waals surface area contributed by atoms with Gasteiger partial charge in [0.15, 0.2) is 5.65 Å². The molecule has 2 aliphatic heterocycles. The lowest BCUT2D eigenvalue weighted by molar-refractivity contribution is -0.137. The molecule has 0 bridgehead atoms. The Balaban J connectivity index is 1.58. The summed E-state index contributed by atoms with van der Waals surface area (Å²) in [5, 5.41) is 4.59. The highest BCUT2D eigenvalue weighted by atomic mass is 16.2. The average molecular weight is 344 g/mol. The second-order valence-electron chi connectivity index (χ2n) is 7.03. The first kappa shape index (κ1) is 16.3. The monoisotopic (exact) mass is 344 g/mol. The Bertz CT molecular complexity index is 835. The van der Waals surface area contributed by atoms with Crippen LogP contribution in [0.2, 0.25) is 0 Å². The van der Waals surface area contributed by atoms with Crippen LogP contribution in [0.5, 0.6) is 0 Å². The maximum absolute atomic E-state index is 12.9. The maximum atomic E-state index is 12.9. The summed E-state index contributed by atoms with van der Waals surface area (Å²) in [4.78, 5) is 36.7. The number of piperidine rings is 1. The van der Waals surface area contributed by atoms with Crippen molar-refractivity contribution in [3.63, 3.8) is 0 Å². The molecule has 2 aliphatic rings. The minimum absolute atomic E-state index is 0.0978. The third-order valence-electron chi connectivity index (χ3n) is 5.32. The molecule has 1 unspecified atom stereocenters. The minimum atomic E-state index is -0.174. The summed E-state index contributed by atoms with van der Waals surface area (Å²) in [6.45, 7) is 3.09. The van der Waals surface area contributed by atoms with Crippen LogP contribution in [0.1, 0.15) is 37.9 Å². The van der Waals surface area contributed by atoms with E-state index in [4.69, 9.17) is 0 Å². The van der Waals surface area contributed by atoms with Crippen molar-refractivity contribution in [1.82, 2.24) is 29.5 Å². The van der Waals surface area contributed by atoms with E-state index in [-0.39, 0.29) is 17.5 Å². The lowest BCUT2D eigenvalue weighted by Gasteiger charge is -2.36. The highest BCUT2D eigenvalue weighted by Gasteiger charge is 2.33. The molecule has 8 heteroatoms. The number of likely N-dealkylation sites (tertiary alicyclic amines) is 2. The van der Waals surface area contributed by atoms with Crippen molar-refractivity contribution in [2.24, 2.45) is 7.05 Å². The van der Waals surface area contributed by atoms with Gasteiger partial charge in [0.2, 0.25) is 5.91 Å². The second-order valence-corrected chi connectivity index (χ2v) is 7.03. The van der Waals surface area contributed by atoms with Gasteiger partial charge in [-0.15, -0.1) is 0 Å². The molecule has 4 heterocycles. The number of rotatable bonds is 3. The van der Waals surface area contributed by atoms with E-state index in [0.717, 1.165) is 51.7 Å². The third-order valence-corrected chi connectivity index (χ3v) is 5.32. The van der Waals surface area contributed by atoms with Gasteiger partial charge in [-0.1, -0.05) is 6.42 Å². The van der Waals surface area contributed by atoms with Crippen LogP contribution in [-0.4, -0.2) is 61.1 Å². The summed E-state index contributed by atoms with van der Waals surface area (Å²) in [6.07, 6.45) is 6.77. The predicted molar refractivity (Wildman–Crippen MR) is 93.0 cm³/mol. The van der Waals surface area contributed by atoms with E-state index in [1.54, 1.807) is 11.7 Å². The molecule has 0 aliphatic carbocycles. The largest absolute Gasteiger partial charge is 0.341 e. The highest BCUT2D eigenvalue weighted by Crippen LogP contribution is 2.22. The van der Waals surface area contributed by atoms with Crippen molar-refractivity contribution in [1.29, 1.82) is 0 Å². The van der Waals surface area contributed by atoms with Crippen LogP contribution in [0.15, 0.2) is 11.0 Å². The number of aromatic amines is 1. The summed E-state index contributed by atoms with van der Waals surface area (Å²) in [5.41, 5.74) is 0.408. The molecule has 2 fully saturated rings. The molecular weight excluding hydrogens is 320 g/mol. The number of hydrogen-bond donors (Lipinski definition) is 1. The van der Waals surface area contributed by atoms with Crippen molar-refractivity contribution in [3.05, 3.63) is 22.4 Å². The van der Waals surface area contributed by atoms with E-state index in [1.807, 2.05) is 4.90 Å². The fraction of sp³-hybridized carbons (Fsp3) is 0.647. The van der Waals surface area contributed by atoms with Crippen molar-refractivity contribution >= 4 is 16.9 Å². The lowest BCUT2D eigenvalue weighted by Crippen LogP contribution is -2.50. The number of carbonyl (C=O) groups is 1. The molecule has 2 aromatic rings. The average Bonchev–Trinajstić information content (AvgIpc) is 3.26. The molecule has 4 rings (SSSR count). The summed E-state index contributed by atoms with van der Waals surface area (Å²) >= 11 is 0. The summed E-state index contributed by atoms with van der Waals surface area (Å²) < 4.78 is 1.61. The zero-order valence-electron chi connectivity index (χ0n) is 14.6. The van der Waals surface area contributed by atoms with E-state index in [0.29, 0.717) is 23.4 Å². The predicted octanol–water partition coefficient (Wildman–Crippen LogP) is 0.633. The van der Waals surface area contributed by atoms with Crippen molar-refractivity contribution in [2.45, 2.75) is 44.7 Å². The van der Waals surface area contributed by atoms with Gasteiger partial charge in [-0.05, 0) is 32.2 Å². The van der Waals surface area contributed by atoms with Crippen molar-refractivity contribution < 1.29 is 4.79 Å². The van der Waals surface area contributed by atoms with Crippen molar-refractivity contribution in [3.8, 4) is 0 Å². The second kappa shape index (κ2) is 6.59. The Morgan fingerprint density at radius 2 is 2.00 bits per heavy atom. The van der Waals surface area contributed by atoms with Crippen LogP contribution in [0, 0.1) is 0 Å². The zero-order valence-corrected chi connectivity index (χ0v) is 14.6. The Labute approximate surface area is 145 Å². The van der Waals surface area contributed by atoms with Gasteiger partial charge in [0, 0.05) is 20.1 Å². The van der Waals surface area contributed by atoms with Gasteiger partial charge < -0.3 is 9.88 Å². The molecule has 0 aromatic carbocycles. The van der Waals surface area contributed by atoms with Gasteiger partial charge in [-0.25, -0.2) is 4.98 Å². The topological polar surface area (TPSA) is 87.1 Å². The molecule has 1 atom stereocenters. The molecule has 0 saturated carbocycles. The van der Waals surface area contributed by atoms with E-state index in [2.05, 4.69) is 20.0 Å². The Hall–Kier alpha value is -2.22. The van der Waals surface area contributed by atoms with Crippen LogP contribution >= 0.6 is 0 Å². The highest BCUT2D eigenvalue weighted by molar-refractivity contribution is 5.82. The number of nitrogens with zero attached hydrogens (tertiary/aromatic N) is 5. The molecule has 0 spiro atoms. The maximum Gasteiger partial charge on any atom is 0.262 e. The van der Waals surface area contributed by atoms with E-state index < -0.39 is 0 Å². The standard InChI is InChI=1S/C17H24N6O2/c1-21-15-12(10-18-21)16(24)20-14(19-15)11-23-9-3-2-6-13(23)17(25)22-7-4-5-8-22/h10,13H,2-9,11H2,1H3,(H,19,20,24). The number of aromatic nitrogens is 4. The van der Waals surface area contributed by atoms with Crippen LogP contribution in [0.3, 0.4) is 0 Å². The molecule has 2 aromatic heterocycles.